The summed E-state index contributed by atoms with van der Waals surface area (Å²) in [7, 11) is 0. The standard InChI is InChI=1S/C20H23NO4/c1-14-7-9-16(10-8-14)20(2,3)19(24)21-12-15-5-4-6-17(11-15)25-13-18(22)23/h4-11H,12-13H2,1-3H3,(H,21,24)(H,22,23). The van der Waals surface area contributed by atoms with Gasteiger partial charge in [-0.2, -0.15) is 0 Å². The summed E-state index contributed by atoms with van der Waals surface area (Å²) >= 11 is 0. The molecule has 2 aromatic carbocycles. The van der Waals surface area contributed by atoms with Gasteiger partial charge in [0, 0.05) is 6.54 Å². The van der Waals surface area contributed by atoms with Crippen LogP contribution in [0.3, 0.4) is 0 Å². The Hall–Kier alpha value is -2.82. The van der Waals surface area contributed by atoms with Crippen molar-refractivity contribution in [1.29, 1.82) is 0 Å². The summed E-state index contributed by atoms with van der Waals surface area (Å²) in [5, 5.41) is 11.6. The maximum absolute atomic E-state index is 12.6. The van der Waals surface area contributed by atoms with Gasteiger partial charge in [-0.05, 0) is 44.0 Å². The first kappa shape index (κ1) is 18.5. The van der Waals surface area contributed by atoms with Crippen molar-refractivity contribution in [2.45, 2.75) is 32.7 Å². The SMILES string of the molecule is Cc1ccc(C(C)(C)C(=O)NCc2cccc(OCC(=O)O)c2)cc1. The fraction of sp³-hybridized carbons (Fsp3) is 0.300. The van der Waals surface area contributed by atoms with Gasteiger partial charge in [0.15, 0.2) is 6.61 Å². The largest absolute Gasteiger partial charge is 0.482 e. The maximum Gasteiger partial charge on any atom is 0.341 e. The molecule has 0 aromatic heterocycles. The third-order valence-corrected chi connectivity index (χ3v) is 4.05. The minimum absolute atomic E-state index is 0.0757. The van der Waals surface area contributed by atoms with Gasteiger partial charge in [-0.25, -0.2) is 4.79 Å². The van der Waals surface area contributed by atoms with E-state index in [1.165, 1.54) is 0 Å². The molecule has 0 saturated heterocycles. The molecular weight excluding hydrogens is 318 g/mol. The van der Waals surface area contributed by atoms with Crippen LogP contribution in [-0.2, 0) is 21.5 Å². The summed E-state index contributed by atoms with van der Waals surface area (Å²) in [5.41, 5.74) is 2.30. The number of aliphatic carboxylic acids is 1. The zero-order valence-corrected chi connectivity index (χ0v) is 14.7. The van der Waals surface area contributed by atoms with E-state index in [4.69, 9.17) is 9.84 Å². The zero-order valence-electron chi connectivity index (χ0n) is 14.7. The average molecular weight is 341 g/mol. The molecule has 0 spiro atoms. The molecule has 5 heteroatoms. The second-order valence-electron chi connectivity index (χ2n) is 6.50. The first-order valence-electron chi connectivity index (χ1n) is 8.08. The maximum atomic E-state index is 12.6. The predicted molar refractivity (Wildman–Crippen MR) is 95.6 cm³/mol. The third kappa shape index (κ3) is 5.08. The number of carboxylic acids is 1. The lowest BCUT2D eigenvalue weighted by Crippen LogP contribution is -2.39. The molecule has 0 aliphatic rings. The van der Waals surface area contributed by atoms with Crippen molar-refractivity contribution in [3.8, 4) is 5.75 Å². The minimum Gasteiger partial charge on any atom is -0.482 e. The van der Waals surface area contributed by atoms with E-state index < -0.39 is 18.0 Å². The van der Waals surface area contributed by atoms with Crippen LogP contribution in [-0.4, -0.2) is 23.6 Å². The summed E-state index contributed by atoms with van der Waals surface area (Å²) in [6, 6.07) is 15.0. The third-order valence-electron chi connectivity index (χ3n) is 4.05. The molecule has 0 unspecified atom stereocenters. The number of carboxylic acid groups (broad SMARTS) is 1. The quantitative estimate of drug-likeness (QED) is 0.811. The molecule has 0 aliphatic heterocycles. The lowest BCUT2D eigenvalue weighted by Gasteiger charge is -2.24. The molecule has 0 atom stereocenters. The van der Waals surface area contributed by atoms with E-state index in [9.17, 15) is 9.59 Å². The van der Waals surface area contributed by atoms with Crippen molar-refractivity contribution in [2.24, 2.45) is 0 Å². The van der Waals surface area contributed by atoms with Crippen molar-refractivity contribution < 1.29 is 19.4 Å². The minimum atomic E-state index is -1.03. The van der Waals surface area contributed by atoms with Crippen molar-refractivity contribution >= 4 is 11.9 Å². The van der Waals surface area contributed by atoms with E-state index in [1.54, 1.807) is 18.2 Å². The van der Waals surface area contributed by atoms with Gasteiger partial charge >= 0.3 is 5.97 Å². The number of carbonyl (C=O) groups is 2. The van der Waals surface area contributed by atoms with E-state index in [2.05, 4.69) is 5.32 Å². The molecule has 2 rings (SSSR count). The second kappa shape index (κ2) is 7.83. The Bertz CT molecular complexity index is 751. The number of aryl methyl sites for hydroxylation is 1. The number of rotatable bonds is 7. The Labute approximate surface area is 147 Å². The van der Waals surface area contributed by atoms with Gasteiger partial charge in [0.05, 0.1) is 5.41 Å². The van der Waals surface area contributed by atoms with Crippen LogP contribution in [0.1, 0.15) is 30.5 Å². The highest BCUT2D eigenvalue weighted by molar-refractivity contribution is 5.87. The molecule has 0 bridgehead atoms. The van der Waals surface area contributed by atoms with Gasteiger partial charge in [-0.15, -0.1) is 0 Å². The number of hydrogen-bond acceptors (Lipinski definition) is 3. The van der Waals surface area contributed by atoms with Gasteiger partial charge in [-0.3, -0.25) is 4.79 Å². The van der Waals surface area contributed by atoms with Crippen molar-refractivity contribution in [3.63, 3.8) is 0 Å². The Balaban J connectivity index is 2.00. The first-order valence-corrected chi connectivity index (χ1v) is 8.08. The van der Waals surface area contributed by atoms with Gasteiger partial charge < -0.3 is 15.2 Å². The van der Waals surface area contributed by atoms with E-state index in [1.807, 2.05) is 51.1 Å². The fourth-order valence-corrected chi connectivity index (χ4v) is 2.39. The fourth-order valence-electron chi connectivity index (χ4n) is 2.39. The van der Waals surface area contributed by atoms with Crippen molar-refractivity contribution in [2.75, 3.05) is 6.61 Å². The van der Waals surface area contributed by atoms with Crippen molar-refractivity contribution in [1.82, 2.24) is 5.32 Å². The highest BCUT2D eigenvalue weighted by Gasteiger charge is 2.29. The molecule has 1 amide bonds. The van der Waals surface area contributed by atoms with Gasteiger partial charge in [0.1, 0.15) is 5.75 Å². The highest BCUT2D eigenvalue weighted by atomic mass is 16.5. The summed E-state index contributed by atoms with van der Waals surface area (Å²) in [4.78, 5) is 23.2. The summed E-state index contributed by atoms with van der Waals surface area (Å²) < 4.78 is 5.15. The topological polar surface area (TPSA) is 75.6 Å². The van der Waals surface area contributed by atoms with E-state index in [0.717, 1.165) is 16.7 Å². The molecule has 5 nitrogen and oxygen atoms in total. The van der Waals surface area contributed by atoms with Crippen LogP contribution >= 0.6 is 0 Å². The highest BCUT2D eigenvalue weighted by Crippen LogP contribution is 2.24. The number of benzene rings is 2. The average Bonchev–Trinajstić information content (AvgIpc) is 2.58. The van der Waals surface area contributed by atoms with Crippen LogP contribution in [0.15, 0.2) is 48.5 Å². The number of amides is 1. The second-order valence-corrected chi connectivity index (χ2v) is 6.50. The molecule has 2 aromatic rings. The summed E-state index contributed by atoms with van der Waals surface area (Å²) in [6.07, 6.45) is 0. The molecule has 0 saturated carbocycles. The van der Waals surface area contributed by atoms with E-state index in [0.29, 0.717) is 12.3 Å². The first-order chi connectivity index (χ1) is 11.8. The number of hydrogen-bond donors (Lipinski definition) is 2. The summed E-state index contributed by atoms with van der Waals surface area (Å²) in [6.45, 7) is 5.74. The monoisotopic (exact) mass is 341 g/mol. The lowest BCUT2D eigenvalue weighted by molar-refractivity contribution is -0.139. The van der Waals surface area contributed by atoms with Crippen LogP contribution in [0.5, 0.6) is 5.75 Å². The van der Waals surface area contributed by atoms with E-state index >= 15 is 0 Å². The molecule has 0 radical (unpaired) electrons. The summed E-state index contributed by atoms with van der Waals surface area (Å²) in [5.74, 6) is -0.640. The Morgan fingerprint density at radius 3 is 2.44 bits per heavy atom. The molecule has 132 valence electrons. The lowest BCUT2D eigenvalue weighted by atomic mass is 9.83. The number of nitrogens with one attached hydrogen (secondary N) is 1. The van der Waals surface area contributed by atoms with Crippen LogP contribution < -0.4 is 10.1 Å². The van der Waals surface area contributed by atoms with Crippen LogP contribution in [0.2, 0.25) is 0 Å². The normalized spacial score (nSPS) is 11.0. The van der Waals surface area contributed by atoms with Gasteiger partial charge in [-0.1, -0.05) is 42.0 Å². The molecule has 25 heavy (non-hydrogen) atoms. The number of ether oxygens (including phenoxy) is 1. The molecule has 0 heterocycles. The van der Waals surface area contributed by atoms with E-state index in [-0.39, 0.29) is 5.91 Å². The molecular formula is C20H23NO4. The Kier molecular flexibility index (Phi) is 5.80. The Morgan fingerprint density at radius 1 is 1.12 bits per heavy atom. The van der Waals surface area contributed by atoms with Gasteiger partial charge in [0.2, 0.25) is 5.91 Å². The van der Waals surface area contributed by atoms with Gasteiger partial charge in [0.25, 0.3) is 0 Å². The Morgan fingerprint density at radius 2 is 1.80 bits per heavy atom. The van der Waals surface area contributed by atoms with Crippen LogP contribution in [0.4, 0.5) is 0 Å². The van der Waals surface area contributed by atoms with Crippen LogP contribution in [0.25, 0.3) is 0 Å². The zero-order chi connectivity index (χ0) is 18.4. The molecule has 2 N–H and O–H groups in total. The van der Waals surface area contributed by atoms with Crippen LogP contribution in [0, 0.1) is 6.92 Å². The molecule has 0 aliphatic carbocycles. The van der Waals surface area contributed by atoms with Crippen molar-refractivity contribution in [3.05, 3.63) is 65.2 Å². The molecule has 0 fully saturated rings. The smallest absolute Gasteiger partial charge is 0.341 e. The number of carbonyl (C=O) groups excluding carboxylic acids is 1. The predicted octanol–water partition coefficient (Wildman–Crippen LogP) is 3.05.